The molecule has 2 aliphatic rings. The molecule has 1 aliphatic heterocycles. The molecule has 2 atom stereocenters. The molecule has 1 spiro atoms. The van der Waals surface area contributed by atoms with Crippen molar-refractivity contribution in [3.63, 3.8) is 0 Å². The average molecular weight is 357 g/mol. The molecule has 0 radical (unpaired) electrons. The topological polar surface area (TPSA) is 79.3 Å². The first-order valence-corrected chi connectivity index (χ1v) is 9.14. The number of amides is 2. The Kier molecular flexibility index (Phi) is 3.99. The van der Waals surface area contributed by atoms with Crippen LogP contribution in [0.15, 0.2) is 29.8 Å². The van der Waals surface area contributed by atoms with Gasteiger partial charge in [0.1, 0.15) is 0 Å². The Balaban J connectivity index is 1.37. The van der Waals surface area contributed by atoms with E-state index in [-0.39, 0.29) is 23.1 Å². The van der Waals surface area contributed by atoms with Gasteiger partial charge in [0.15, 0.2) is 5.69 Å². The van der Waals surface area contributed by atoms with Crippen LogP contribution in [-0.2, 0) is 11.3 Å². The van der Waals surface area contributed by atoms with Crippen LogP contribution >= 0.6 is 11.5 Å². The van der Waals surface area contributed by atoms with Crippen LogP contribution in [0.25, 0.3) is 0 Å². The largest absolute Gasteiger partial charge is 0.340 e. The van der Waals surface area contributed by atoms with Gasteiger partial charge >= 0.3 is 0 Å². The lowest BCUT2D eigenvalue weighted by atomic mass is 10.0. The highest BCUT2D eigenvalue weighted by Crippen LogP contribution is 2.59. The fraction of sp³-hybridized carbons (Fsp3) is 0.471. The van der Waals surface area contributed by atoms with Gasteiger partial charge in [-0.3, -0.25) is 14.6 Å². The van der Waals surface area contributed by atoms with Crippen molar-refractivity contribution in [3.05, 3.63) is 41.2 Å². The standard InChI is InChI=1S/C17H19N5O2S/c1-21(9-12-4-2-3-6-18-12)15(23)13-8-17(13)5-7-22(11-17)16(24)14-10-25-20-19-14/h2-4,6,10,13H,5,7-9,11H2,1H3. The second-order valence-electron chi connectivity index (χ2n) is 6.90. The van der Waals surface area contributed by atoms with Crippen molar-refractivity contribution in [1.29, 1.82) is 0 Å². The van der Waals surface area contributed by atoms with E-state index >= 15 is 0 Å². The molecule has 2 aromatic heterocycles. The Morgan fingerprint density at radius 1 is 1.44 bits per heavy atom. The average Bonchev–Trinajstić information content (AvgIpc) is 2.97. The molecule has 8 heteroatoms. The SMILES string of the molecule is CN(Cc1ccccn1)C(=O)C1CC12CCN(C(=O)c1csnn1)C2. The molecule has 2 unspecified atom stereocenters. The summed E-state index contributed by atoms with van der Waals surface area (Å²) in [5.41, 5.74) is 1.24. The summed E-state index contributed by atoms with van der Waals surface area (Å²) in [6.07, 6.45) is 3.47. The third kappa shape index (κ3) is 3.02. The number of carbonyl (C=O) groups is 2. The van der Waals surface area contributed by atoms with E-state index in [4.69, 9.17) is 0 Å². The quantitative estimate of drug-likeness (QED) is 0.827. The molecule has 0 bridgehead atoms. The third-order valence-electron chi connectivity index (χ3n) is 5.24. The summed E-state index contributed by atoms with van der Waals surface area (Å²) in [7, 11) is 1.82. The van der Waals surface area contributed by atoms with Gasteiger partial charge in [-0.15, -0.1) is 5.10 Å². The third-order valence-corrected chi connectivity index (χ3v) is 5.75. The molecule has 130 valence electrons. The van der Waals surface area contributed by atoms with Crippen LogP contribution in [0.3, 0.4) is 0 Å². The molecule has 2 amide bonds. The number of hydrogen-bond donors (Lipinski definition) is 0. The number of hydrogen-bond acceptors (Lipinski definition) is 6. The molecule has 2 aromatic rings. The summed E-state index contributed by atoms with van der Waals surface area (Å²) in [6, 6.07) is 5.71. The maximum Gasteiger partial charge on any atom is 0.275 e. The number of likely N-dealkylation sites (tertiary alicyclic amines) is 1. The van der Waals surface area contributed by atoms with Crippen molar-refractivity contribution in [2.45, 2.75) is 19.4 Å². The van der Waals surface area contributed by atoms with Crippen LogP contribution in [0.1, 0.15) is 29.0 Å². The van der Waals surface area contributed by atoms with Gasteiger partial charge in [0.25, 0.3) is 5.91 Å². The summed E-state index contributed by atoms with van der Waals surface area (Å²) < 4.78 is 3.75. The van der Waals surface area contributed by atoms with Crippen molar-refractivity contribution < 1.29 is 9.59 Å². The van der Waals surface area contributed by atoms with Crippen LogP contribution in [0.4, 0.5) is 0 Å². The van der Waals surface area contributed by atoms with Gasteiger partial charge in [0.05, 0.1) is 12.2 Å². The lowest BCUT2D eigenvalue weighted by Gasteiger charge is -2.19. The minimum absolute atomic E-state index is 0.00701. The molecule has 3 heterocycles. The monoisotopic (exact) mass is 357 g/mol. The van der Waals surface area contributed by atoms with Gasteiger partial charge in [-0.05, 0) is 36.5 Å². The van der Waals surface area contributed by atoms with E-state index in [2.05, 4.69) is 14.6 Å². The van der Waals surface area contributed by atoms with Crippen molar-refractivity contribution >= 4 is 23.3 Å². The summed E-state index contributed by atoms with van der Waals surface area (Å²) >= 11 is 1.18. The first-order valence-electron chi connectivity index (χ1n) is 8.30. The van der Waals surface area contributed by atoms with E-state index in [0.29, 0.717) is 25.3 Å². The molecule has 1 aliphatic carbocycles. The molecule has 1 saturated carbocycles. The molecule has 1 saturated heterocycles. The minimum atomic E-state index is -0.0782. The van der Waals surface area contributed by atoms with Crippen molar-refractivity contribution in [2.75, 3.05) is 20.1 Å². The van der Waals surface area contributed by atoms with Crippen LogP contribution in [0.5, 0.6) is 0 Å². The van der Waals surface area contributed by atoms with Gasteiger partial charge in [-0.1, -0.05) is 10.6 Å². The number of nitrogens with zero attached hydrogens (tertiary/aromatic N) is 5. The van der Waals surface area contributed by atoms with E-state index in [1.54, 1.807) is 16.5 Å². The highest BCUT2D eigenvalue weighted by Gasteiger charge is 2.62. The summed E-state index contributed by atoms with van der Waals surface area (Å²) in [4.78, 5) is 33.0. The Labute approximate surface area is 149 Å². The summed E-state index contributed by atoms with van der Waals surface area (Å²) in [5, 5.41) is 5.52. The molecular weight excluding hydrogens is 338 g/mol. The Hall–Kier alpha value is -2.35. The predicted octanol–water partition coefficient (Wildman–Crippen LogP) is 1.44. The minimum Gasteiger partial charge on any atom is -0.340 e. The van der Waals surface area contributed by atoms with E-state index in [0.717, 1.165) is 18.5 Å². The van der Waals surface area contributed by atoms with Gasteiger partial charge < -0.3 is 9.80 Å². The first kappa shape index (κ1) is 16.1. The fourth-order valence-electron chi connectivity index (χ4n) is 3.72. The molecule has 7 nitrogen and oxygen atoms in total. The Morgan fingerprint density at radius 2 is 2.32 bits per heavy atom. The predicted molar refractivity (Wildman–Crippen MR) is 91.7 cm³/mol. The van der Waals surface area contributed by atoms with Crippen molar-refractivity contribution in [3.8, 4) is 0 Å². The van der Waals surface area contributed by atoms with Crippen LogP contribution in [0, 0.1) is 11.3 Å². The van der Waals surface area contributed by atoms with Gasteiger partial charge in [0.2, 0.25) is 5.91 Å². The van der Waals surface area contributed by atoms with E-state index < -0.39 is 0 Å². The van der Waals surface area contributed by atoms with Gasteiger partial charge in [0, 0.05) is 43.0 Å². The van der Waals surface area contributed by atoms with Crippen molar-refractivity contribution in [1.82, 2.24) is 24.4 Å². The second kappa shape index (κ2) is 6.18. The van der Waals surface area contributed by atoms with E-state index in [1.165, 1.54) is 11.5 Å². The first-order chi connectivity index (χ1) is 12.1. The molecule has 0 aromatic carbocycles. The number of pyridine rings is 1. The zero-order valence-corrected chi connectivity index (χ0v) is 14.8. The van der Waals surface area contributed by atoms with Gasteiger partial charge in [-0.25, -0.2) is 0 Å². The van der Waals surface area contributed by atoms with Crippen LogP contribution < -0.4 is 0 Å². The highest BCUT2D eigenvalue weighted by molar-refractivity contribution is 7.03. The summed E-state index contributed by atoms with van der Waals surface area (Å²) in [5.74, 6) is 0.0772. The lowest BCUT2D eigenvalue weighted by Crippen LogP contribution is -2.32. The molecule has 25 heavy (non-hydrogen) atoms. The van der Waals surface area contributed by atoms with E-state index in [9.17, 15) is 9.59 Å². The van der Waals surface area contributed by atoms with Crippen LogP contribution in [-0.4, -0.2) is 56.3 Å². The van der Waals surface area contributed by atoms with Gasteiger partial charge in [-0.2, -0.15) is 0 Å². The lowest BCUT2D eigenvalue weighted by molar-refractivity contribution is -0.132. The van der Waals surface area contributed by atoms with E-state index in [1.807, 2.05) is 30.1 Å². The zero-order chi connectivity index (χ0) is 17.4. The maximum absolute atomic E-state index is 12.8. The zero-order valence-electron chi connectivity index (χ0n) is 14.0. The maximum atomic E-state index is 12.8. The molecule has 2 fully saturated rings. The number of carbonyl (C=O) groups excluding carboxylic acids is 2. The Morgan fingerprint density at radius 3 is 3.04 bits per heavy atom. The van der Waals surface area contributed by atoms with Crippen molar-refractivity contribution in [2.24, 2.45) is 11.3 Å². The number of rotatable bonds is 4. The smallest absolute Gasteiger partial charge is 0.275 e. The normalized spacial score (nSPS) is 24.5. The molecule has 0 N–H and O–H groups in total. The molecule has 4 rings (SSSR count). The second-order valence-corrected chi connectivity index (χ2v) is 7.51. The summed E-state index contributed by atoms with van der Waals surface area (Å²) in [6.45, 7) is 1.83. The fourth-order valence-corrected chi connectivity index (χ4v) is 4.15. The number of aromatic nitrogens is 3. The Bertz CT molecular complexity index is 782. The highest BCUT2D eigenvalue weighted by atomic mass is 32.1. The molecular formula is C17H19N5O2S. The van der Waals surface area contributed by atoms with Crippen LogP contribution in [0.2, 0.25) is 0 Å².